The van der Waals surface area contributed by atoms with Crippen LogP contribution in [0.5, 0.6) is 0 Å². The maximum Gasteiger partial charge on any atom is 0.237 e. The summed E-state index contributed by atoms with van der Waals surface area (Å²) in [7, 11) is 0. The lowest BCUT2D eigenvalue weighted by atomic mass is 9.83. The fraction of sp³-hybridized carbons (Fsp3) is 0.200. The van der Waals surface area contributed by atoms with Gasteiger partial charge in [0.25, 0.3) is 0 Å². The van der Waals surface area contributed by atoms with E-state index in [1.807, 2.05) is 63.3 Å². The van der Waals surface area contributed by atoms with Crippen molar-refractivity contribution in [1.29, 1.82) is 0 Å². The van der Waals surface area contributed by atoms with Crippen LogP contribution in [0.1, 0.15) is 44.5 Å². The highest BCUT2D eigenvalue weighted by Crippen LogP contribution is 2.41. The maximum atomic E-state index is 13.0. The Morgan fingerprint density at radius 2 is 1.83 bits per heavy atom. The zero-order valence-corrected chi connectivity index (χ0v) is 16.9. The topological polar surface area (TPSA) is 59.3 Å². The lowest BCUT2D eigenvalue weighted by Crippen LogP contribution is -2.21. The summed E-state index contributed by atoms with van der Waals surface area (Å²) in [5.74, 6) is 0.206. The van der Waals surface area contributed by atoms with Crippen LogP contribution in [0.4, 0.5) is 0 Å². The summed E-state index contributed by atoms with van der Waals surface area (Å²) in [5.41, 5.74) is 4.27. The number of carbonyl (C=O) groups excluding carboxylic acids is 2. The van der Waals surface area contributed by atoms with Crippen LogP contribution in [0, 0.1) is 13.8 Å². The molecule has 2 aromatic carbocycles. The van der Waals surface area contributed by atoms with Crippen molar-refractivity contribution < 1.29 is 14.0 Å². The van der Waals surface area contributed by atoms with Gasteiger partial charge in [-0.15, -0.1) is 0 Å². The molecule has 4 rings (SSSR count). The molecule has 1 aliphatic rings. The van der Waals surface area contributed by atoms with E-state index in [0.29, 0.717) is 41.3 Å². The van der Waals surface area contributed by atoms with Gasteiger partial charge in [0.2, 0.25) is 11.6 Å². The summed E-state index contributed by atoms with van der Waals surface area (Å²) in [6, 6.07) is 9.68. The molecule has 1 aromatic heterocycles. The minimum atomic E-state index is -0.493. The molecular weight excluding hydrogens is 362 g/mol. The molecule has 0 spiro atoms. The smallest absolute Gasteiger partial charge is 0.237 e. The molecule has 3 aromatic rings. The second kappa shape index (κ2) is 7.30. The molecule has 0 bridgehead atoms. The zero-order chi connectivity index (χ0) is 20.7. The standard InChI is InChI=1S/C25H23NO3/c1-5-7-14(2)12-26-13-20-16(4)21-23(27)24(28)22-18-9-6-8-15(3)17(18)10-11-19(22)25(21)29-20/h5-11,26H,2,12-13H2,1,3-4H3/b7-5-. The molecule has 0 unspecified atom stereocenters. The van der Waals surface area contributed by atoms with Gasteiger partial charge in [-0.1, -0.05) is 43.0 Å². The normalized spacial score (nSPS) is 13.2. The van der Waals surface area contributed by atoms with E-state index in [4.69, 9.17) is 4.42 Å². The SMILES string of the molecule is C=C(/C=C\C)CNCc1oc2c(c1C)C(=O)C(=O)c1c-2ccc2c(C)cccc12. The molecule has 1 N–H and O–H groups in total. The molecule has 0 saturated carbocycles. The monoisotopic (exact) mass is 385 g/mol. The van der Waals surface area contributed by atoms with Gasteiger partial charge in [0, 0.05) is 23.2 Å². The lowest BCUT2D eigenvalue weighted by molar-refractivity contribution is 0.0815. The lowest BCUT2D eigenvalue weighted by Gasteiger charge is -2.16. The predicted molar refractivity (Wildman–Crippen MR) is 115 cm³/mol. The minimum absolute atomic E-state index is 0.388. The quantitative estimate of drug-likeness (QED) is 0.477. The first-order valence-corrected chi connectivity index (χ1v) is 9.69. The van der Waals surface area contributed by atoms with Gasteiger partial charge in [0.15, 0.2) is 0 Å². The van der Waals surface area contributed by atoms with Gasteiger partial charge in [0.05, 0.1) is 12.1 Å². The molecular formula is C25H23NO3. The third kappa shape index (κ3) is 3.06. The first kappa shape index (κ1) is 19.1. The molecule has 1 heterocycles. The van der Waals surface area contributed by atoms with Gasteiger partial charge in [-0.2, -0.15) is 0 Å². The van der Waals surface area contributed by atoms with E-state index in [2.05, 4.69) is 11.9 Å². The number of furan rings is 1. The van der Waals surface area contributed by atoms with Crippen molar-refractivity contribution in [2.75, 3.05) is 6.54 Å². The summed E-state index contributed by atoms with van der Waals surface area (Å²) in [5, 5.41) is 5.05. The number of benzene rings is 2. The van der Waals surface area contributed by atoms with Gasteiger partial charge in [-0.05, 0) is 48.7 Å². The van der Waals surface area contributed by atoms with Gasteiger partial charge >= 0.3 is 0 Å². The van der Waals surface area contributed by atoms with E-state index < -0.39 is 11.6 Å². The molecule has 29 heavy (non-hydrogen) atoms. The average molecular weight is 385 g/mol. The largest absolute Gasteiger partial charge is 0.459 e. The van der Waals surface area contributed by atoms with Crippen molar-refractivity contribution in [1.82, 2.24) is 5.32 Å². The molecule has 0 radical (unpaired) electrons. The number of carbonyl (C=O) groups is 2. The number of hydrogen-bond acceptors (Lipinski definition) is 4. The molecule has 0 saturated heterocycles. The Morgan fingerprint density at radius 1 is 1.07 bits per heavy atom. The minimum Gasteiger partial charge on any atom is -0.459 e. The number of allylic oxidation sites excluding steroid dienone is 1. The molecule has 1 aliphatic carbocycles. The van der Waals surface area contributed by atoms with Crippen molar-refractivity contribution >= 4 is 22.3 Å². The second-order valence-corrected chi connectivity index (χ2v) is 7.43. The number of fused-ring (bicyclic) bond motifs is 5. The van der Waals surface area contributed by atoms with Crippen molar-refractivity contribution in [3.05, 3.63) is 82.6 Å². The summed E-state index contributed by atoms with van der Waals surface area (Å²) >= 11 is 0. The van der Waals surface area contributed by atoms with E-state index in [1.165, 1.54) is 0 Å². The fourth-order valence-corrected chi connectivity index (χ4v) is 4.00. The number of Topliss-reactive ketones (excluding diaryl/α,β-unsaturated/α-hetero) is 2. The maximum absolute atomic E-state index is 13.0. The van der Waals surface area contributed by atoms with Crippen LogP contribution in [0.3, 0.4) is 0 Å². The summed E-state index contributed by atoms with van der Waals surface area (Å²) < 4.78 is 6.12. The Balaban J connectivity index is 1.79. The first-order valence-electron chi connectivity index (χ1n) is 9.69. The van der Waals surface area contributed by atoms with Gasteiger partial charge in [0.1, 0.15) is 11.5 Å². The predicted octanol–water partition coefficient (Wildman–Crippen LogP) is 5.32. The zero-order valence-electron chi connectivity index (χ0n) is 16.9. The first-order chi connectivity index (χ1) is 13.9. The summed E-state index contributed by atoms with van der Waals surface area (Å²) in [4.78, 5) is 26.0. The van der Waals surface area contributed by atoms with Crippen LogP contribution in [-0.4, -0.2) is 18.1 Å². The molecule has 0 fully saturated rings. The summed E-state index contributed by atoms with van der Waals surface area (Å²) in [6.45, 7) is 10.8. The molecule has 146 valence electrons. The van der Waals surface area contributed by atoms with Crippen LogP contribution >= 0.6 is 0 Å². The third-order valence-corrected chi connectivity index (χ3v) is 5.47. The van der Waals surface area contributed by atoms with E-state index in [1.54, 1.807) is 0 Å². The Kier molecular flexibility index (Phi) is 4.81. The molecule has 0 amide bonds. The Hall–Kier alpha value is -3.24. The molecule has 4 nitrogen and oxygen atoms in total. The van der Waals surface area contributed by atoms with Crippen LogP contribution in [-0.2, 0) is 6.54 Å². The highest BCUT2D eigenvalue weighted by molar-refractivity contribution is 6.54. The number of rotatable bonds is 5. The second-order valence-electron chi connectivity index (χ2n) is 7.43. The average Bonchev–Trinajstić information content (AvgIpc) is 3.02. The highest BCUT2D eigenvalue weighted by Gasteiger charge is 2.37. The van der Waals surface area contributed by atoms with Crippen molar-refractivity contribution in [2.45, 2.75) is 27.3 Å². The number of aryl methyl sites for hydroxylation is 1. The van der Waals surface area contributed by atoms with Crippen LogP contribution in [0.25, 0.3) is 22.1 Å². The van der Waals surface area contributed by atoms with E-state index in [9.17, 15) is 9.59 Å². The van der Waals surface area contributed by atoms with Gasteiger partial charge in [-0.25, -0.2) is 0 Å². The van der Waals surface area contributed by atoms with Crippen LogP contribution < -0.4 is 5.32 Å². The molecule has 0 aliphatic heterocycles. The highest BCUT2D eigenvalue weighted by atomic mass is 16.3. The number of ketones is 2. The van der Waals surface area contributed by atoms with Crippen LogP contribution in [0.15, 0.2) is 59.1 Å². The fourth-order valence-electron chi connectivity index (χ4n) is 4.00. The van der Waals surface area contributed by atoms with Gasteiger partial charge < -0.3 is 9.73 Å². The Bertz CT molecular complexity index is 1210. The van der Waals surface area contributed by atoms with E-state index >= 15 is 0 Å². The Morgan fingerprint density at radius 3 is 2.59 bits per heavy atom. The number of nitrogens with one attached hydrogen (secondary N) is 1. The van der Waals surface area contributed by atoms with E-state index in [-0.39, 0.29) is 0 Å². The van der Waals surface area contributed by atoms with Crippen LogP contribution in [0.2, 0.25) is 0 Å². The van der Waals surface area contributed by atoms with Gasteiger partial charge in [-0.3, -0.25) is 9.59 Å². The molecule has 0 atom stereocenters. The third-order valence-electron chi connectivity index (χ3n) is 5.47. The number of hydrogen-bond donors (Lipinski definition) is 1. The van der Waals surface area contributed by atoms with Crippen molar-refractivity contribution in [3.63, 3.8) is 0 Å². The molecule has 4 heteroatoms. The Labute approximate surface area is 169 Å². The van der Waals surface area contributed by atoms with Crippen molar-refractivity contribution in [3.8, 4) is 11.3 Å². The van der Waals surface area contributed by atoms with Crippen molar-refractivity contribution in [2.24, 2.45) is 0 Å². The van der Waals surface area contributed by atoms with E-state index in [0.717, 1.165) is 27.5 Å². The summed E-state index contributed by atoms with van der Waals surface area (Å²) in [6.07, 6.45) is 3.88.